The van der Waals surface area contributed by atoms with Gasteiger partial charge in [-0.25, -0.2) is 0 Å². The van der Waals surface area contributed by atoms with E-state index in [0.29, 0.717) is 28.6 Å². The van der Waals surface area contributed by atoms with Crippen LogP contribution in [0.25, 0.3) is 0 Å². The number of benzene rings is 2. The first kappa shape index (κ1) is 18.5. The van der Waals surface area contributed by atoms with Crippen molar-refractivity contribution < 1.29 is 9.63 Å². The van der Waals surface area contributed by atoms with Gasteiger partial charge >= 0.3 is 0 Å². The molecule has 0 bridgehead atoms. The number of rotatable bonds is 7. The van der Waals surface area contributed by atoms with Gasteiger partial charge in [-0.1, -0.05) is 71.7 Å². The second-order valence-electron chi connectivity index (χ2n) is 5.58. The lowest BCUT2D eigenvalue weighted by molar-refractivity contribution is -0.121. The molecule has 0 aliphatic heterocycles. The highest BCUT2D eigenvalue weighted by Gasteiger charge is 2.18. The third kappa shape index (κ3) is 5.08. The molecule has 0 spiro atoms. The number of nitrogens with zero attached hydrogens (tertiary/aromatic N) is 1. The van der Waals surface area contributed by atoms with Gasteiger partial charge in [-0.3, -0.25) is 4.79 Å². The van der Waals surface area contributed by atoms with Crippen molar-refractivity contribution in [3.05, 3.63) is 69.7 Å². The maximum absolute atomic E-state index is 12.5. The molecule has 0 heterocycles. The number of Topliss-reactive ketones (excluding diaryl/α,β-unsaturated/α-hetero) is 1. The first-order valence-corrected chi connectivity index (χ1v) is 8.39. The van der Waals surface area contributed by atoms with Crippen molar-refractivity contribution in [2.45, 2.75) is 19.8 Å². The van der Waals surface area contributed by atoms with Gasteiger partial charge in [0.05, 0.1) is 15.8 Å². The number of hydrogen-bond donors (Lipinski definition) is 0. The zero-order valence-corrected chi connectivity index (χ0v) is 15.1. The summed E-state index contributed by atoms with van der Waals surface area (Å²) in [6.45, 7) is 1.90. The maximum Gasteiger partial charge on any atom is 0.140 e. The lowest BCUT2D eigenvalue weighted by Crippen LogP contribution is -2.18. The molecule has 0 aliphatic carbocycles. The van der Waals surface area contributed by atoms with Crippen LogP contribution in [-0.4, -0.2) is 18.6 Å². The van der Waals surface area contributed by atoms with Gasteiger partial charge < -0.3 is 4.84 Å². The smallest absolute Gasteiger partial charge is 0.140 e. The van der Waals surface area contributed by atoms with Gasteiger partial charge in [0, 0.05) is 24.3 Å². The van der Waals surface area contributed by atoms with Crippen molar-refractivity contribution in [3.63, 3.8) is 0 Å². The summed E-state index contributed by atoms with van der Waals surface area (Å²) in [7, 11) is 1.48. The average Bonchev–Trinajstić information content (AvgIpc) is 2.57. The van der Waals surface area contributed by atoms with Crippen molar-refractivity contribution in [1.29, 1.82) is 0 Å². The van der Waals surface area contributed by atoms with Crippen molar-refractivity contribution in [1.82, 2.24) is 0 Å². The fourth-order valence-corrected chi connectivity index (χ4v) is 2.67. The standard InChI is InChI=1S/C19H19Cl2NO2/c1-13(19(23)11-14-6-4-3-5-7-14)10-18(22-24-2)15-8-9-16(20)17(21)12-15/h3-9,12-13H,10-11H2,1-2H3/b22-18+. The predicted octanol–water partition coefficient (Wildman–Crippen LogP) is 5.18. The summed E-state index contributed by atoms with van der Waals surface area (Å²) >= 11 is 12.0. The molecule has 2 rings (SSSR count). The highest BCUT2D eigenvalue weighted by atomic mass is 35.5. The SMILES string of the molecule is CO/N=C(\CC(C)C(=O)Cc1ccccc1)c1ccc(Cl)c(Cl)c1. The van der Waals surface area contributed by atoms with Crippen LogP contribution in [0.15, 0.2) is 53.7 Å². The Labute approximate surface area is 152 Å². The number of carbonyl (C=O) groups is 1. The van der Waals surface area contributed by atoms with E-state index in [4.69, 9.17) is 28.0 Å². The van der Waals surface area contributed by atoms with Crippen LogP contribution in [0.1, 0.15) is 24.5 Å². The summed E-state index contributed by atoms with van der Waals surface area (Å²) in [5, 5.41) is 4.98. The van der Waals surface area contributed by atoms with Gasteiger partial charge in [0.2, 0.25) is 0 Å². The van der Waals surface area contributed by atoms with Crippen LogP contribution in [0, 0.1) is 5.92 Å². The number of ketones is 1. The van der Waals surface area contributed by atoms with Gasteiger partial charge in [0.1, 0.15) is 12.9 Å². The predicted molar refractivity (Wildman–Crippen MR) is 98.9 cm³/mol. The van der Waals surface area contributed by atoms with Crippen molar-refractivity contribution in [2.24, 2.45) is 11.1 Å². The Hall–Kier alpha value is -1.84. The third-order valence-corrected chi connectivity index (χ3v) is 4.46. The molecule has 0 saturated heterocycles. The molecular weight excluding hydrogens is 345 g/mol. The zero-order valence-electron chi connectivity index (χ0n) is 13.6. The molecule has 0 fully saturated rings. The number of halogens is 2. The lowest BCUT2D eigenvalue weighted by atomic mass is 9.92. The minimum absolute atomic E-state index is 0.157. The summed E-state index contributed by atoms with van der Waals surface area (Å²) in [6, 6.07) is 15.0. The Balaban J connectivity index is 2.10. The summed E-state index contributed by atoms with van der Waals surface area (Å²) in [5.41, 5.74) is 2.48. The van der Waals surface area contributed by atoms with Gasteiger partial charge in [-0.05, 0) is 17.7 Å². The van der Waals surface area contributed by atoms with E-state index in [9.17, 15) is 4.79 Å². The Morgan fingerprint density at radius 2 is 1.83 bits per heavy atom. The summed E-state index contributed by atoms with van der Waals surface area (Å²) < 4.78 is 0. The summed E-state index contributed by atoms with van der Waals surface area (Å²) in [4.78, 5) is 17.4. The molecule has 0 amide bonds. The topological polar surface area (TPSA) is 38.7 Å². The summed E-state index contributed by atoms with van der Waals surface area (Å²) in [6.07, 6.45) is 0.876. The van der Waals surface area contributed by atoms with E-state index < -0.39 is 0 Å². The Kier molecular flexibility index (Phi) is 6.83. The lowest BCUT2D eigenvalue weighted by Gasteiger charge is -2.13. The van der Waals surface area contributed by atoms with Gasteiger partial charge in [0.25, 0.3) is 0 Å². The normalized spacial score (nSPS) is 12.8. The van der Waals surface area contributed by atoms with E-state index in [2.05, 4.69) is 5.16 Å². The zero-order chi connectivity index (χ0) is 17.5. The monoisotopic (exact) mass is 363 g/mol. The van der Waals surface area contributed by atoms with Crippen molar-refractivity contribution >= 4 is 34.7 Å². The van der Waals surface area contributed by atoms with Crippen LogP contribution in [0.4, 0.5) is 0 Å². The van der Waals surface area contributed by atoms with E-state index in [1.165, 1.54) is 7.11 Å². The average molecular weight is 364 g/mol. The third-order valence-electron chi connectivity index (χ3n) is 3.72. The van der Waals surface area contributed by atoms with Gasteiger partial charge in [-0.15, -0.1) is 0 Å². The molecule has 3 nitrogen and oxygen atoms in total. The Bertz CT molecular complexity index is 729. The largest absolute Gasteiger partial charge is 0.399 e. The first-order valence-electron chi connectivity index (χ1n) is 7.63. The molecule has 2 aromatic carbocycles. The van der Waals surface area contributed by atoms with Crippen molar-refractivity contribution in [3.8, 4) is 0 Å². The molecule has 24 heavy (non-hydrogen) atoms. The van der Waals surface area contributed by atoms with E-state index in [1.807, 2.05) is 43.3 Å². The molecule has 0 saturated carbocycles. The molecule has 1 unspecified atom stereocenters. The minimum Gasteiger partial charge on any atom is -0.399 e. The van der Waals surface area contributed by atoms with Crippen LogP contribution < -0.4 is 0 Å². The van der Waals surface area contributed by atoms with Crippen molar-refractivity contribution in [2.75, 3.05) is 7.11 Å². The Morgan fingerprint density at radius 1 is 1.12 bits per heavy atom. The van der Waals surface area contributed by atoms with E-state index in [-0.39, 0.29) is 11.7 Å². The molecule has 126 valence electrons. The fourth-order valence-electron chi connectivity index (χ4n) is 2.37. The number of carbonyl (C=O) groups excluding carboxylic acids is 1. The van der Waals surface area contributed by atoms with Crippen LogP contribution >= 0.6 is 23.2 Å². The molecule has 0 radical (unpaired) electrons. The van der Waals surface area contributed by atoms with Gasteiger partial charge in [0.15, 0.2) is 0 Å². The quantitative estimate of drug-likeness (QED) is 0.501. The second-order valence-corrected chi connectivity index (χ2v) is 6.40. The summed E-state index contributed by atoms with van der Waals surface area (Å²) in [5.74, 6) is -0.0291. The van der Waals surface area contributed by atoms with Gasteiger partial charge in [-0.2, -0.15) is 0 Å². The van der Waals surface area contributed by atoms with E-state index >= 15 is 0 Å². The maximum atomic E-state index is 12.5. The molecular formula is C19H19Cl2NO2. The fraction of sp³-hybridized carbons (Fsp3) is 0.263. The Morgan fingerprint density at radius 3 is 2.46 bits per heavy atom. The number of hydrogen-bond acceptors (Lipinski definition) is 3. The van der Waals surface area contributed by atoms with E-state index in [1.54, 1.807) is 12.1 Å². The van der Waals surface area contributed by atoms with Crippen LogP contribution in [0.5, 0.6) is 0 Å². The van der Waals surface area contributed by atoms with Crippen LogP contribution in [0.2, 0.25) is 10.0 Å². The van der Waals surface area contributed by atoms with Crippen LogP contribution in [0.3, 0.4) is 0 Å². The number of oxime groups is 1. The van der Waals surface area contributed by atoms with E-state index in [0.717, 1.165) is 11.1 Å². The molecule has 0 N–H and O–H groups in total. The highest BCUT2D eigenvalue weighted by molar-refractivity contribution is 6.42. The molecule has 5 heteroatoms. The van der Waals surface area contributed by atoms with Crippen LogP contribution in [-0.2, 0) is 16.1 Å². The molecule has 1 atom stereocenters. The second kappa shape index (κ2) is 8.86. The molecule has 0 aromatic heterocycles. The minimum atomic E-state index is -0.187. The molecule has 0 aliphatic rings. The highest BCUT2D eigenvalue weighted by Crippen LogP contribution is 2.24. The molecule has 2 aromatic rings. The first-order chi connectivity index (χ1) is 11.5.